The second-order valence-electron chi connectivity index (χ2n) is 9.27. The van der Waals surface area contributed by atoms with Crippen molar-refractivity contribution in [1.82, 2.24) is 0 Å². The van der Waals surface area contributed by atoms with Crippen LogP contribution < -0.4 is 10.4 Å². The number of benzene rings is 2. The molecule has 0 unspecified atom stereocenters. The maximum atomic E-state index is 7.20. The van der Waals surface area contributed by atoms with Crippen LogP contribution in [0.4, 0.5) is 0 Å². The molecule has 2 aromatic carbocycles. The van der Waals surface area contributed by atoms with Crippen LogP contribution in [-0.4, -0.2) is 20.5 Å². The SMILES string of the molecule is CC(C)C[C@@H]1C[C@@H](O[Si](c2ccccc2)(c2ccccc2)C(C)(C)C)C=CO1. The van der Waals surface area contributed by atoms with Crippen molar-refractivity contribution in [3.05, 3.63) is 73.0 Å². The van der Waals surface area contributed by atoms with E-state index in [0.717, 1.165) is 12.8 Å². The quantitative estimate of drug-likeness (QED) is 0.621. The smallest absolute Gasteiger partial charge is 0.261 e. The van der Waals surface area contributed by atoms with E-state index in [2.05, 4.69) is 101 Å². The Hall–Kier alpha value is -1.84. The first-order chi connectivity index (χ1) is 13.3. The molecule has 0 fully saturated rings. The summed E-state index contributed by atoms with van der Waals surface area (Å²) in [6, 6.07) is 21.7. The van der Waals surface area contributed by atoms with Gasteiger partial charge in [-0.3, -0.25) is 0 Å². The van der Waals surface area contributed by atoms with Crippen LogP contribution in [0, 0.1) is 5.92 Å². The fraction of sp³-hybridized carbons (Fsp3) is 0.440. The molecule has 1 aliphatic rings. The van der Waals surface area contributed by atoms with Crippen molar-refractivity contribution in [3.8, 4) is 0 Å². The van der Waals surface area contributed by atoms with Crippen molar-refractivity contribution in [3.63, 3.8) is 0 Å². The van der Waals surface area contributed by atoms with Crippen LogP contribution in [-0.2, 0) is 9.16 Å². The number of hydrogen-bond acceptors (Lipinski definition) is 2. The zero-order chi connectivity index (χ0) is 20.2. The Kier molecular flexibility index (Phi) is 6.46. The Labute approximate surface area is 171 Å². The molecule has 2 nitrogen and oxygen atoms in total. The molecule has 28 heavy (non-hydrogen) atoms. The van der Waals surface area contributed by atoms with E-state index in [0.29, 0.717) is 5.92 Å². The molecule has 0 radical (unpaired) electrons. The van der Waals surface area contributed by atoms with Gasteiger partial charge >= 0.3 is 0 Å². The summed E-state index contributed by atoms with van der Waals surface area (Å²) in [7, 11) is -2.51. The molecule has 3 heteroatoms. The third-order valence-corrected chi connectivity index (χ3v) is 10.6. The van der Waals surface area contributed by atoms with E-state index < -0.39 is 8.32 Å². The normalized spacial score (nSPS) is 20.2. The van der Waals surface area contributed by atoms with E-state index in [-0.39, 0.29) is 17.2 Å². The summed E-state index contributed by atoms with van der Waals surface area (Å²) in [6.07, 6.45) is 6.25. The van der Waals surface area contributed by atoms with Crippen LogP contribution in [0.2, 0.25) is 5.04 Å². The molecule has 150 valence electrons. The Morgan fingerprint density at radius 1 is 0.964 bits per heavy atom. The fourth-order valence-corrected chi connectivity index (χ4v) is 8.96. The lowest BCUT2D eigenvalue weighted by molar-refractivity contribution is 0.0566. The summed E-state index contributed by atoms with van der Waals surface area (Å²) < 4.78 is 13.1. The molecule has 0 spiro atoms. The molecule has 0 amide bonds. The van der Waals surface area contributed by atoms with Crippen LogP contribution in [0.15, 0.2) is 73.0 Å². The average Bonchev–Trinajstić information content (AvgIpc) is 2.66. The zero-order valence-corrected chi connectivity index (χ0v) is 18.9. The van der Waals surface area contributed by atoms with Gasteiger partial charge < -0.3 is 9.16 Å². The summed E-state index contributed by atoms with van der Waals surface area (Å²) in [5, 5.41) is 2.65. The average molecular weight is 395 g/mol. The van der Waals surface area contributed by atoms with Gasteiger partial charge in [0.05, 0.1) is 12.4 Å². The van der Waals surface area contributed by atoms with Gasteiger partial charge in [-0.1, -0.05) is 95.3 Å². The highest BCUT2D eigenvalue weighted by Gasteiger charge is 2.51. The highest BCUT2D eigenvalue weighted by Crippen LogP contribution is 2.38. The fourth-order valence-electron chi connectivity index (χ4n) is 4.32. The van der Waals surface area contributed by atoms with Crippen molar-refractivity contribution in [2.75, 3.05) is 0 Å². The van der Waals surface area contributed by atoms with Gasteiger partial charge in [-0.15, -0.1) is 0 Å². The molecular weight excluding hydrogens is 360 g/mol. The molecular formula is C25H34O2Si. The summed E-state index contributed by atoms with van der Waals surface area (Å²) >= 11 is 0. The summed E-state index contributed by atoms with van der Waals surface area (Å²) in [4.78, 5) is 0. The topological polar surface area (TPSA) is 18.5 Å². The van der Waals surface area contributed by atoms with Crippen molar-refractivity contribution >= 4 is 18.7 Å². The zero-order valence-electron chi connectivity index (χ0n) is 17.9. The standard InChI is InChI=1S/C25H34O2Si/c1-20(2)18-22-19-21(16-17-26-22)27-28(25(3,4)5,23-12-8-6-9-13-23)24-14-10-7-11-15-24/h6-17,20-22H,18-19H2,1-5H3/t21-,22+/m0/s1. The van der Waals surface area contributed by atoms with Gasteiger partial charge in [0, 0.05) is 6.42 Å². The molecule has 2 atom stereocenters. The first-order valence-corrected chi connectivity index (χ1v) is 12.3. The van der Waals surface area contributed by atoms with Crippen LogP contribution >= 0.6 is 0 Å². The van der Waals surface area contributed by atoms with Crippen molar-refractivity contribution in [1.29, 1.82) is 0 Å². The molecule has 0 bridgehead atoms. The third-order valence-electron chi connectivity index (χ3n) is 5.54. The predicted molar refractivity (Wildman–Crippen MR) is 121 cm³/mol. The molecule has 3 rings (SSSR count). The second kappa shape index (κ2) is 8.67. The Balaban J connectivity index is 2.04. The van der Waals surface area contributed by atoms with E-state index in [1.807, 2.05) is 6.26 Å². The van der Waals surface area contributed by atoms with E-state index in [1.165, 1.54) is 10.4 Å². The monoisotopic (exact) mass is 394 g/mol. The highest BCUT2D eigenvalue weighted by atomic mass is 28.4. The maximum absolute atomic E-state index is 7.20. The van der Waals surface area contributed by atoms with Gasteiger partial charge in [-0.25, -0.2) is 0 Å². The summed E-state index contributed by atoms with van der Waals surface area (Å²) in [5.74, 6) is 0.616. The lowest BCUT2D eigenvalue weighted by Gasteiger charge is -2.45. The van der Waals surface area contributed by atoms with Gasteiger partial charge in [0.25, 0.3) is 8.32 Å². The minimum atomic E-state index is -2.51. The van der Waals surface area contributed by atoms with Gasteiger partial charge in [0.1, 0.15) is 6.10 Å². The van der Waals surface area contributed by atoms with Crippen molar-refractivity contribution in [2.24, 2.45) is 5.92 Å². The van der Waals surface area contributed by atoms with Crippen LogP contribution in [0.25, 0.3) is 0 Å². The summed E-state index contributed by atoms with van der Waals surface area (Å²) in [5.41, 5.74) is 0. The first kappa shape index (κ1) is 20.9. The van der Waals surface area contributed by atoms with Gasteiger partial charge in [0.2, 0.25) is 0 Å². The van der Waals surface area contributed by atoms with E-state index >= 15 is 0 Å². The minimum absolute atomic E-state index is 0.00457. The Morgan fingerprint density at radius 2 is 1.50 bits per heavy atom. The van der Waals surface area contributed by atoms with Crippen LogP contribution in [0.3, 0.4) is 0 Å². The van der Waals surface area contributed by atoms with Crippen molar-refractivity contribution in [2.45, 2.75) is 64.7 Å². The molecule has 1 heterocycles. The molecule has 0 N–H and O–H groups in total. The second-order valence-corrected chi connectivity index (χ2v) is 13.5. The van der Waals surface area contributed by atoms with E-state index in [9.17, 15) is 0 Å². The summed E-state index contributed by atoms with van der Waals surface area (Å²) in [6.45, 7) is 11.5. The molecule has 1 aliphatic heterocycles. The Bertz CT molecular complexity index is 723. The molecule has 2 aromatic rings. The van der Waals surface area contributed by atoms with Crippen LogP contribution in [0.1, 0.15) is 47.5 Å². The van der Waals surface area contributed by atoms with E-state index in [1.54, 1.807) is 0 Å². The lowest BCUT2D eigenvalue weighted by atomic mass is 10.00. The largest absolute Gasteiger partial charge is 0.498 e. The van der Waals surface area contributed by atoms with Gasteiger partial charge in [-0.2, -0.15) is 0 Å². The third kappa shape index (κ3) is 4.42. The number of hydrogen-bond donors (Lipinski definition) is 0. The minimum Gasteiger partial charge on any atom is -0.498 e. The lowest BCUT2D eigenvalue weighted by Crippen LogP contribution is -2.67. The Morgan fingerprint density at radius 3 is 1.96 bits per heavy atom. The molecule has 0 saturated heterocycles. The van der Waals surface area contributed by atoms with Gasteiger partial charge in [-0.05, 0) is 33.8 Å². The van der Waals surface area contributed by atoms with Gasteiger partial charge in [0.15, 0.2) is 0 Å². The maximum Gasteiger partial charge on any atom is 0.261 e. The molecule has 0 aliphatic carbocycles. The number of ether oxygens (including phenoxy) is 1. The molecule has 0 saturated carbocycles. The van der Waals surface area contributed by atoms with Crippen LogP contribution in [0.5, 0.6) is 0 Å². The number of rotatable bonds is 6. The van der Waals surface area contributed by atoms with E-state index in [4.69, 9.17) is 9.16 Å². The predicted octanol–water partition coefficient (Wildman–Crippen LogP) is 5.28. The molecule has 0 aromatic heterocycles. The highest BCUT2D eigenvalue weighted by molar-refractivity contribution is 6.99. The van der Waals surface area contributed by atoms with Crippen molar-refractivity contribution < 1.29 is 9.16 Å². The first-order valence-electron chi connectivity index (χ1n) is 10.4.